The number of anilines is 1. The highest BCUT2D eigenvalue weighted by Crippen LogP contribution is 2.36. The van der Waals surface area contributed by atoms with Gasteiger partial charge in [0.1, 0.15) is 5.82 Å². The molecule has 1 aromatic heterocycles. The molecule has 1 aromatic carbocycles. The topological polar surface area (TPSA) is 65.5 Å². The molecule has 1 N–H and O–H groups in total. The maximum Gasteiger partial charge on any atom is 0.321 e. The van der Waals surface area contributed by atoms with Crippen molar-refractivity contribution in [3.05, 3.63) is 59.7 Å². The second kappa shape index (κ2) is 7.18. The van der Waals surface area contributed by atoms with Crippen molar-refractivity contribution in [2.75, 3.05) is 31.1 Å². The number of aromatic nitrogens is 1. The molecule has 2 aromatic rings. The molecule has 0 spiro atoms. The Hall–Kier alpha value is -3.03. The van der Waals surface area contributed by atoms with Gasteiger partial charge in [-0.2, -0.15) is 0 Å². The van der Waals surface area contributed by atoms with E-state index in [-0.39, 0.29) is 37.5 Å². The number of urea groups is 1. The number of amides is 3. The van der Waals surface area contributed by atoms with Crippen molar-refractivity contribution >= 4 is 17.6 Å². The number of benzene rings is 1. The maximum absolute atomic E-state index is 15.2. The average Bonchev–Trinajstić information content (AvgIpc) is 3.15. The Bertz CT molecular complexity index is 898. The molecule has 0 unspecified atom stereocenters. The molecule has 3 amide bonds. The van der Waals surface area contributed by atoms with Crippen LogP contribution in [0.15, 0.2) is 42.6 Å². The Kier molecular flexibility index (Phi) is 4.70. The van der Waals surface area contributed by atoms with E-state index in [1.54, 1.807) is 24.4 Å². The van der Waals surface area contributed by atoms with Crippen LogP contribution in [0.3, 0.4) is 0 Å². The number of rotatable bonds is 3. The Morgan fingerprint density at radius 3 is 2.57 bits per heavy atom. The lowest BCUT2D eigenvalue weighted by atomic mass is 9.89. The summed E-state index contributed by atoms with van der Waals surface area (Å²) in [6, 6.07) is 8.87. The third kappa shape index (κ3) is 3.30. The molecule has 2 aliphatic rings. The van der Waals surface area contributed by atoms with E-state index < -0.39 is 17.4 Å². The number of carbonyl (C=O) groups is 2. The largest absolute Gasteiger partial charge is 0.338 e. The molecule has 28 heavy (non-hydrogen) atoms. The molecule has 0 aliphatic carbocycles. The minimum atomic E-state index is -1.59. The first-order valence-corrected chi connectivity index (χ1v) is 9.22. The van der Waals surface area contributed by atoms with Gasteiger partial charge in [-0.15, -0.1) is 0 Å². The molecule has 0 atom stereocenters. The summed E-state index contributed by atoms with van der Waals surface area (Å²) in [6.07, 6.45) is 1.75. The van der Waals surface area contributed by atoms with Crippen LogP contribution in [0, 0.1) is 5.82 Å². The number of likely N-dealkylation sites (tertiary alicyclic amines) is 1. The highest BCUT2D eigenvalue weighted by atomic mass is 19.1. The molecule has 3 heterocycles. The van der Waals surface area contributed by atoms with Gasteiger partial charge in [0.05, 0.1) is 11.3 Å². The number of nitrogens with one attached hydrogen (secondary N) is 1. The van der Waals surface area contributed by atoms with E-state index in [1.807, 2.05) is 0 Å². The highest BCUT2D eigenvalue weighted by molar-refractivity contribution is 5.98. The number of nitrogens with zero attached hydrogens (tertiary/aromatic N) is 3. The van der Waals surface area contributed by atoms with Crippen molar-refractivity contribution in [1.29, 1.82) is 0 Å². The normalized spacial score (nSPS) is 18.9. The van der Waals surface area contributed by atoms with Gasteiger partial charge in [0.2, 0.25) is 0 Å². The highest BCUT2D eigenvalue weighted by Gasteiger charge is 2.39. The number of hydrogen-bond donors (Lipinski definition) is 1. The first kappa shape index (κ1) is 18.3. The molecule has 0 bridgehead atoms. The van der Waals surface area contributed by atoms with Crippen molar-refractivity contribution in [3.8, 4) is 0 Å². The van der Waals surface area contributed by atoms with Crippen molar-refractivity contribution in [1.82, 2.24) is 15.2 Å². The number of piperidine rings is 1. The van der Waals surface area contributed by atoms with Crippen LogP contribution in [0.1, 0.15) is 28.9 Å². The smallest absolute Gasteiger partial charge is 0.321 e. The second-order valence-electron chi connectivity index (χ2n) is 7.02. The van der Waals surface area contributed by atoms with Crippen LogP contribution in [-0.2, 0) is 5.67 Å². The first-order valence-electron chi connectivity index (χ1n) is 9.22. The zero-order valence-electron chi connectivity index (χ0n) is 15.2. The molecule has 2 saturated heterocycles. The summed E-state index contributed by atoms with van der Waals surface area (Å²) in [5.41, 5.74) is -0.881. The van der Waals surface area contributed by atoms with Crippen LogP contribution in [0.4, 0.5) is 19.3 Å². The molecule has 146 valence electrons. The van der Waals surface area contributed by atoms with Crippen molar-refractivity contribution in [3.63, 3.8) is 0 Å². The minimum Gasteiger partial charge on any atom is -0.338 e. The van der Waals surface area contributed by atoms with Crippen LogP contribution in [0.25, 0.3) is 0 Å². The number of alkyl halides is 1. The fourth-order valence-electron chi connectivity index (χ4n) is 3.68. The lowest BCUT2D eigenvalue weighted by Crippen LogP contribution is -2.44. The Labute approximate surface area is 161 Å². The van der Waals surface area contributed by atoms with E-state index in [0.717, 1.165) is 0 Å². The average molecular weight is 386 g/mol. The SMILES string of the molecule is O=C(c1cc(N2CCNC2=O)ccc1F)N1CCC(F)(c2ccccn2)CC1. The third-order valence-electron chi connectivity index (χ3n) is 5.32. The van der Waals surface area contributed by atoms with E-state index in [1.165, 1.54) is 28.0 Å². The molecule has 0 radical (unpaired) electrons. The predicted octanol–water partition coefficient (Wildman–Crippen LogP) is 2.85. The molecular formula is C20H20F2N4O2. The van der Waals surface area contributed by atoms with Gasteiger partial charge in [0.25, 0.3) is 5.91 Å². The van der Waals surface area contributed by atoms with Gasteiger partial charge < -0.3 is 10.2 Å². The fraction of sp³-hybridized carbons (Fsp3) is 0.350. The van der Waals surface area contributed by atoms with Crippen molar-refractivity contribution in [2.45, 2.75) is 18.5 Å². The summed E-state index contributed by atoms with van der Waals surface area (Å²) in [5, 5.41) is 2.67. The Morgan fingerprint density at radius 1 is 1.14 bits per heavy atom. The number of hydrogen-bond acceptors (Lipinski definition) is 3. The summed E-state index contributed by atoms with van der Waals surface area (Å²) in [4.78, 5) is 31.7. The summed E-state index contributed by atoms with van der Waals surface area (Å²) in [6.45, 7) is 1.29. The standard InChI is InChI=1S/C20H20F2N4O2/c21-16-5-4-14(26-12-9-24-19(26)28)13-15(16)18(27)25-10-6-20(22,7-11-25)17-3-1-2-8-23-17/h1-5,8,13H,6-7,9-12H2,(H,24,28). The van der Waals surface area contributed by atoms with E-state index in [4.69, 9.17) is 0 Å². The third-order valence-corrected chi connectivity index (χ3v) is 5.32. The fourth-order valence-corrected chi connectivity index (χ4v) is 3.68. The molecule has 2 fully saturated rings. The molecule has 4 rings (SSSR count). The zero-order chi connectivity index (χ0) is 19.7. The first-order chi connectivity index (χ1) is 13.5. The van der Waals surface area contributed by atoms with Crippen LogP contribution in [0.5, 0.6) is 0 Å². The summed E-state index contributed by atoms with van der Waals surface area (Å²) >= 11 is 0. The van der Waals surface area contributed by atoms with Crippen LogP contribution >= 0.6 is 0 Å². The predicted molar refractivity (Wildman–Crippen MR) is 99.3 cm³/mol. The quantitative estimate of drug-likeness (QED) is 0.882. The van der Waals surface area contributed by atoms with Gasteiger partial charge in [-0.1, -0.05) is 6.07 Å². The Balaban J connectivity index is 1.50. The monoisotopic (exact) mass is 386 g/mol. The second-order valence-corrected chi connectivity index (χ2v) is 7.02. The van der Waals surface area contributed by atoms with Crippen LogP contribution in [-0.4, -0.2) is 48.0 Å². The van der Waals surface area contributed by atoms with E-state index >= 15 is 4.39 Å². The minimum absolute atomic E-state index is 0.103. The van der Waals surface area contributed by atoms with Gasteiger partial charge in [-0.25, -0.2) is 13.6 Å². The van der Waals surface area contributed by atoms with Gasteiger partial charge >= 0.3 is 6.03 Å². The molecule has 0 saturated carbocycles. The van der Waals surface area contributed by atoms with Crippen LogP contribution < -0.4 is 10.2 Å². The molecule has 6 nitrogen and oxygen atoms in total. The number of halogens is 2. The van der Waals surface area contributed by atoms with Crippen molar-refractivity contribution < 1.29 is 18.4 Å². The summed E-state index contributed by atoms with van der Waals surface area (Å²) in [7, 11) is 0. The zero-order valence-corrected chi connectivity index (χ0v) is 15.2. The number of pyridine rings is 1. The molecular weight excluding hydrogens is 366 g/mol. The van der Waals surface area contributed by atoms with Gasteiger partial charge in [0.15, 0.2) is 5.67 Å². The van der Waals surface area contributed by atoms with E-state index in [0.29, 0.717) is 24.5 Å². The lowest BCUT2D eigenvalue weighted by molar-refractivity contribution is 0.0399. The van der Waals surface area contributed by atoms with Gasteiger partial charge in [-0.05, 0) is 30.3 Å². The number of carbonyl (C=O) groups excluding carboxylic acids is 2. The molecule has 2 aliphatic heterocycles. The maximum atomic E-state index is 15.2. The van der Waals surface area contributed by atoms with E-state index in [9.17, 15) is 14.0 Å². The van der Waals surface area contributed by atoms with Gasteiger partial charge in [0, 0.05) is 50.9 Å². The summed E-state index contributed by atoms with van der Waals surface area (Å²) < 4.78 is 29.5. The van der Waals surface area contributed by atoms with E-state index in [2.05, 4.69) is 10.3 Å². The van der Waals surface area contributed by atoms with Crippen LogP contribution in [0.2, 0.25) is 0 Å². The summed E-state index contributed by atoms with van der Waals surface area (Å²) in [5.74, 6) is -1.16. The lowest BCUT2D eigenvalue weighted by Gasteiger charge is -2.36. The van der Waals surface area contributed by atoms with Gasteiger partial charge in [-0.3, -0.25) is 14.7 Å². The Morgan fingerprint density at radius 2 is 1.93 bits per heavy atom. The van der Waals surface area contributed by atoms with Crippen molar-refractivity contribution in [2.24, 2.45) is 0 Å². The molecule has 8 heteroatoms.